The Morgan fingerprint density at radius 1 is 0.429 bits per heavy atom. The molecule has 0 radical (unpaired) electrons. The molecule has 0 bridgehead atoms. The van der Waals surface area contributed by atoms with Crippen molar-refractivity contribution in [1.29, 1.82) is 0 Å². The van der Waals surface area contributed by atoms with E-state index in [0.29, 0.717) is 0 Å². The summed E-state index contributed by atoms with van der Waals surface area (Å²) >= 11 is 1.86. The van der Waals surface area contributed by atoms with Crippen molar-refractivity contribution >= 4 is 28.8 Å². The standard InChI is InChI=1S/C56H34N6S/c1-2-11-41(39(10-1)37-9-7-27-59-34-37)48-21-19-47-54(61-48)53-46(14-8-28-60-53)56(47)44-13-4-3-12-42(44)52-45(56)20-22-50-55(52)63-51-16-6-5-15-49(51)62(50)38-17-18-40(35-23-29-57-30-24-35)43(33-38)36-25-31-58-32-26-36/h1-34H. The minimum absolute atomic E-state index is 0.614. The Morgan fingerprint density at radius 2 is 1.11 bits per heavy atom. The van der Waals surface area contributed by atoms with Crippen LogP contribution in [0, 0.1) is 0 Å². The van der Waals surface area contributed by atoms with Gasteiger partial charge in [-0.3, -0.25) is 19.9 Å². The number of hydrogen-bond donors (Lipinski definition) is 0. The average molecular weight is 823 g/mol. The van der Waals surface area contributed by atoms with E-state index in [9.17, 15) is 0 Å². The zero-order chi connectivity index (χ0) is 41.5. The maximum absolute atomic E-state index is 5.54. The second-order valence-corrected chi connectivity index (χ2v) is 17.1. The molecule has 1 atom stereocenters. The van der Waals surface area contributed by atoms with Crippen molar-refractivity contribution in [3.8, 4) is 67.2 Å². The number of anilines is 3. The van der Waals surface area contributed by atoms with Crippen LogP contribution in [0.4, 0.5) is 17.1 Å². The Labute approximate surface area is 368 Å². The van der Waals surface area contributed by atoms with Gasteiger partial charge in [-0.15, -0.1) is 0 Å². The second kappa shape index (κ2) is 14.0. The summed E-state index contributed by atoms with van der Waals surface area (Å²) in [5.41, 5.74) is 20.5. The minimum Gasteiger partial charge on any atom is -0.308 e. The van der Waals surface area contributed by atoms with Crippen LogP contribution in [0.1, 0.15) is 22.3 Å². The highest BCUT2D eigenvalue weighted by Crippen LogP contribution is 2.66. The van der Waals surface area contributed by atoms with Crippen molar-refractivity contribution in [3.63, 3.8) is 0 Å². The van der Waals surface area contributed by atoms with Crippen molar-refractivity contribution in [3.05, 3.63) is 229 Å². The first-order valence-corrected chi connectivity index (χ1v) is 21.9. The third-order valence-corrected chi connectivity index (χ3v) is 14.0. The zero-order valence-electron chi connectivity index (χ0n) is 33.7. The highest BCUT2D eigenvalue weighted by Gasteiger charge is 2.54. The predicted molar refractivity (Wildman–Crippen MR) is 252 cm³/mol. The van der Waals surface area contributed by atoms with E-state index in [2.05, 4.69) is 178 Å². The van der Waals surface area contributed by atoms with E-state index in [1.807, 2.05) is 61.2 Å². The lowest BCUT2D eigenvalue weighted by Crippen LogP contribution is -2.26. The lowest BCUT2D eigenvalue weighted by Gasteiger charge is -2.35. The number of rotatable bonds is 5. The fourth-order valence-electron chi connectivity index (χ4n) is 10.3. The molecule has 2 aliphatic carbocycles. The van der Waals surface area contributed by atoms with Crippen LogP contribution >= 0.6 is 11.8 Å². The Hall–Kier alpha value is -8.00. The van der Waals surface area contributed by atoms with Gasteiger partial charge in [0.05, 0.1) is 33.9 Å². The number of hydrogen-bond acceptors (Lipinski definition) is 7. The van der Waals surface area contributed by atoms with Crippen LogP contribution in [0.3, 0.4) is 0 Å². The second-order valence-electron chi connectivity index (χ2n) is 16.0. The molecule has 0 amide bonds. The molecule has 63 heavy (non-hydrogen) atoms. The number of para-hydroxylation sites is 1. The summed E-state index contributed by atoms with van der Waals surface area (Å²) in [6.07, 6.45) is 13.1. The first-order valence-electron chi connectivity index (χ1n) is 21.0. The molecule has 13 rings (SSSR count). The molecule has 294 valence electrons. The van der Waals surface area contributed by atoms with Crippen LogP contribution in [0.15, 0.2) is 217 Å². The van der Waals surface area contributed by atoms with Gasteiger partial charge in [0.1, 0.15) is 0 Å². The molecule has 0 saturated carbocycles. The van der Waals surface area contributed by atoms with Crippen LogP contribution in [0.25, 0.3) is 67.2 Å². The smallest absolute Gasteiger partial charge is 0.0945 e. The van der Waals surface area contributed by atoms with Crippen molar-refractivity contribution < 1.29 is 0 Å². The summed E-state index contributed by atoms with van der Waals surface area (Å²) in [4.78, 5) is 28.6. The number of pyridine rings is 5. The first kappa shape index (κ1) is 35.7. The number of fused-ring (bicyclic) bond motifs is 13. The molecule has 6 nitrogen and oxygen atoms in total. The summed E-state index contributed by atoms with van der Waals surface area (Å²) in [5, 5.41) is 0. The van der Waals surface area contributed by atoms with Gasteiger partial charge in [0.25, 0.3) is 0 Å². The molecule has 1 unspecified atom stereocenters. The fourth-order valence-corrected chi connectivity index (χ4v) is 11.5. The minimum atomic E-state index is -0.614. The number of benzene rings is 5. The van der Waals surface area contributed by atoms with Gasteiger partial charge >= 0.3 is 0 Å². The van der Waals surface area contributed by atoms with E-state index in [0.717, 1.165) is 84.2 Å². The summed E-state index contributed by atoms with van der Waals surface area (Å²) < 4.78 is 0. The van der Waals surface area contributed by atoms with Gasteiger partial charge in [-0.1, -0.05) is 103 Å². The van der Waals surface area contributed by atoms with E-state index < -0.39 is 5.41 Å². The van der Waals surface area contributed by atoms with Crippen molar-refractivity contribution in [2.24, 2.45) is 0 Å². The molecule has 3 aliphatic rings. The van der Waals surface area contributed by atoms with Gasteiger partial charge in [-0.25, -0.2) is 4.98 Å². The maximum atomic E-state index is 5.54. The number of nitrogens with zero attached hydrogens (tertiary/aromatic N) is 6. The van der Waals surface area contributed by atoms with E-state index >= 15 is 0 Å². The van der Waals surface area contributed by atoms with E-state index in [4.69, 9.17) is 9.97 Å². The molecule has 10 aromatic rings. The van der Waals surface area contributed by atoms with Crippen LogP contribution in [0.5, 0.6) is 0 Å². The Kier molecular flexibility index (Phi) is 7.95. The van der Waals surface area contributed by atoms with Crippen molar-refractivity contribution in [2.75, 3.05) is 4.90 Å². The molecule has 7 heteroatoms. The first-order chi connectivity index (χ1) is 31.3. The lowest BCUT2D eigenvalue weighted by molar-refractivity contribution is 0.788. The molecule has 6 heterocycles. The summed E-state index contributed by atoms with van der Waals surface area (Å²) in [7, 11) is 0. The van der Waals surface area contributed by atoms with Gasteiger partial charge in [0.15, 0.2) is 0 Å². The van der Waals surface area contributed by atoms with E-state index in [-0.39, 0.29) is 0 Å². The molecule has 0 N–H and O–H groups in total. The molecule has 5 aromatic carbocycles. The third-order valence-electron chi connectivity index (χ3n) is 12.9. The van der Waals surface area contributed by atoms with Gasteiger partial charge in [0.2, 0.25) is 0 Å². The van der Waals surface area contributed by atoms with Crippen LogP contribution in [0.2, 0.25) is 0 Å². The van der Waals surface area contributed by atoms with Crippen LogP contribution in [-0.2, 0) is 5.41 Å². The quantitative estimate of drug-likeness (QED) is 0.171. The zero-order valence-corrected chi connectivity index (χ0v) is 34.5. The van der Waals surface area contributed by atoms with Crippen molar-refractivity contribution in [2.45, 2.75) is 15.2 Å². The molecule has 0 fully saturated rings. The van der Waals surface area contributed by atoms with E-state index in [1.165, 1.54) is 32.0 Å². The van der Waals surface area contributed by atoms with Crippen LogP contribution in [-0.4, -0.2) is 24.9 Å². The normalized spacial score (nSPS) is 15.0. The summed E-state index contributed by atoms with van der Waals surface area (Å²) in [5.74, 6) is 0. The number of aromatic nitrogens is 5. The Balaban J connectivity index is 1.03. The Bertz CT molecular complexity index is 3450. The molecular weight excluding hydrogens is 789 g/mol. The molecular formula is C56H34N6S. The molecule has 5 aromatic heterocycles. The summed E-state index contributed by atoms with van der Waals surface area (Å²) in [6, 6.07) is 59.0. The largest absolute Gasteiger partial charge is 0.308 e. The van der Waals surface area contributed by atoms with Gasteiger partial charge in [0, 0.05) is 75.5 Å². The van der Waals surface area contributed by atoms with Gasteiger partial charge < -0.3 is 4.90 Å². The molecule has 0 saturated heterocycles. The highest BCUT2D eigenvalue weighted by atomic mass is 32.2. The molecule has 1 spiro atoms. The molecule has 1 aliphatic heterocycles. The third kappa shape index (κ3) is 5.24. The SMILES string of the molecule is c1cncc(-c2ccccc2-c2ccc3c(n2)-c2ncccc2C32c3ccccc3-c3c2ccc2c3Sc3ccccc3N2c2ccc(-c3ccncc3)c(-c3ccncc3)c2)c1. The monoisotopic (exact) mass is 822 g/mol. The highest BCUT2D eigenvalue weighted by molar-refractivity contribution is 8.00. The predicted octanol–water partition coefficient (Wildman–Crippen LogP) is 13.6. The van der Waals surface area contributed by atoms with Gasteiger partial charge in [-0.2, -0.15) is 0 Å². The van der Waals surface area contributed by atoms with E-state index in [1.54, 1.807) is 0 Å². The summed E-state index contributed by atoms with van der Waals surface area (Å²) in [6.45, 7) is 0. The lowest BCUT2D eigenvalue weighted by atomic mass is 9.71. The average Bonchev–Trinajstić information content (AvgIpc) is 3.83. The Morgan fingerprint density at radius 3 is 1.94 bits per heavy atom. The fraction of sp³-hybridized carbons (Fsp3) is 0.0179. The van der Waals surface area contributed by atoms with Crippen molar-refractivity contribution in [1.82, 2.24) is 24.9 Å². The topological polar surface area (TPSA) is 67.7 Å². The maximum Gasteiger partial charge on any atom is 0.0945 e. The van der Waals surface area contributed by atoms with Gasteiger partial charge in [-0.05, 0) is 128 Å². The van der Waals surface area contributed by atoms with Crippen LogP contribution < -0.4 is 4.90 Å².